The van der Waals surface area contributed by atoms with Gasteiger partial charge in [0.1, 0.15) is 6.04 Å². The zero-order valence-corrected chi connectivity index (χ0v) is 13.0. The van der Waals surface area contributed by atoms with E-state index in [2.05, 4.69) is 17.1 Å². The van der Waals surface area contributed by atoms with E-state index in [1.807, 2.05) is 30.3 Å². The molecule has 2 rings (SSSR count). The summed E-state index contributed by atoms with van der Waals surface area (Å²) in [6.45, 7) is 5.60. The summed E-state index contributed by atoms with van der Waals surface area (Å²) >= 11 is 0. The molecule has 21 heavy (non-hydrogen) atoms. The third-order valence-corrected chi connectivity index (χ3v) is 4.10. The highest BCUT2D eigenvalue weighted by Gasteiger charge is 2.26. The summed E-state index contributed by atoms with van der Waals surface area (Å²) in [5.41, 5.74) is 0.973. The van der Waals surface area contributed by atoms with Gasteiger partial charge in [-0.2, -0.15) is 0 Å². The van der Waals surface area contributed by atoms with Crippen molar-refractivity contribution in [3.05, 3.63) is 35.9 Å². The smallest absolute Gasteiger partial charge is 0.327 e. The summed E-state index contributed by atoms with van der Waals surface area (Å²) in [7, 11) is 1.45. The van der Waals surface area contributed by atoms with E-state index in [0.717, 1.165) is 31.5 Å². The number of hydrogen-bond donors (Lipinski definition) is 1. The summed E-state index contributed by atoms with van der Waals surface area (Å²) in [6.07, 6.45) is 3.37. The van der Waals surface area contributed by atoms with Crippen LogP contribution in [0, 0.1) is 0 Å². The Morgan fingerprint density at radius 1 is 1.33 bits per heavy atom. The van der Waals surface area contributed by atoms with Crippen LogP contribution in [0.5, 0.6) is 0 Å². The van der Waals surface area contributed by atoms with E-state index in [4.69, 9.17) is 4.74 Å². The molecule has 4 heteroatoms. The summed E-state index contributed by atoms with van der Waals surface area (Å²) in [5.74, 6) is -0.211. The molecule has 1 unspecified atom stereocenters. The van der Waals surface area contributed by atoms with Gasteiger partial charge in [-0.05, 0) is 44.5 Å². The number of esters is 1. The first kappa shape index (κ1) is 16.0. The molecule has 4 nitrogen and oxygen atoms in total. The van der Waals surface area contributed by atoms with E-state index in [1.165, 1.54) is 20.1 Å². The Morgan fingerprint density at radius 3 is 2.57 bits per heavy atom. The van der Waals surface area contributed by atoms with Gasteiger partial charge in [-0.3, -0.25) is 5.32 Å². The van der Waals surface area contributed by atoms with Crippen LogP contribution in [-0.4, -0.2) is 43.7 Å². The quantitative estimate of drug-likeness (QED) is 0.817. The number of piperidine rings is 1. The molecular formula is C17H26N2O2. The average molecular weight is 290 g/mol. The second-order valence-corrected chi connectivity index (χ2v) is 5.65. The van der Waals surface area contributed by atoms with E-state index in [1.54, 1.807) is 0 Å². The number of methoxy groups -OCH3 is 1. The largest absolute Gasteiger partial charge is 0.468 e. The highest BCUT2D eigenvalue weighted by Crippen LogP contribution is 2.19. The van der Waals surface area contributed by atoms with Gasteiger partial charge in [-0.1, -0.05) is 37.3 Å². The molecule has 1 saturated heterocycles. The van der Waals surface area contributed by atoms with Crippen LogP contribution in [0.3, 0.4) is 0 Å². The number of carbonyl (C=O) groups is 1. The van der Waals surface area contributed by atoms with E-state index in [-0.39, 0.29) is 12.0 Å². The van der Waals surface area contributed by atoms with Gasteiger partial charge in [0.25, 0.3) is 0 Å². The first-order valence-electron chi connectivity index (χ1n) is 7.85. The van der Waals surface area contributed by atoms with Gasteiger partial charge < -0.3 is 9.64 Å². The Kier molecular flexibility index (Phi) is 6.21. The normalized spacial score (nSPS) is 18.4. The highest BCUT2D eigenvalue weighted by atomic mass is 16.5. The monoisotopic (exact) mass is 290 g/mol. The van der Waals surface area contributed by atoms with Crippen LogP contribution in [0.25, 0.3) is 0 Å². The number of likely N-dealkylation sites (tertiary alicyclic amines) is 1. The summed E-state index contributed by atoms with van der Waals surface area (Å²) < 4.78 is 4.96. The van der Waals surface area contributed by atoms with Crippen molar-refractivity contribution < 1.29 is 9.53 Å². The molecule has 0 aliphatic carbocycles. The Hall–Kier alpha value is -1.39. The van der Waals surface area contributed by atoms with Crippen molar-refractivity contribution >= 4 is 5.97 Å². The maximum atomic E-state index is 12.1. The van der Waals surface area contributed by atoms with Crippen molar-refractivity contribution in [2.24, 2.45) is 0 Å². The van der Waals surface area contributed by atoms with Crippen molar-refractivity contribution in [1.29, 1.82) is 0 Å². The molecule has 1 fully saturated rings. The molecule has 0 radical (unpaired) electrons. The highest BCUT2D eigenvalue weighted by molar-refractivity contribution is 5.77. The molecule has 0 spiro atoms. The minimum Gasteiger partial charge on any atom is -0.468 e. The lowest BCUT2D eigenvalue weighted by atomic mass is 10.0. The van der Waals surface area contributed by atoms with Crippen molar-refractivity contribution in [2.45, 2.75) is 38.3 Å². The number of nitrogens with zero attached hydrogens (tertiary/aromatic N) is 1. The van der Waals surface area contributed by atoms with Crippen LogP contribution >= 0.6 is 0 Å². The van der Waals surface area contributed by atoms with Crippen LogP contribution in [0.4, 0.5) is 0 Å². The Morgan fingerprint density at radius 2 is 2.00 bits per heavy atom. The third kappa shape index (κ3) is 4.55. The second-order valence-electron chi connectivity index (χ2n) is 5.65. The van der Waals surface area contributed by atoms with Gasteiger partial charge in [-0.25, -0.2) is 4.79 Å². The lowest BCUT2D eigenvalue weighted by molar-refractivity contribution is -0.143. The average Bonchev–Trinajstić information content (AvgIpc) is 2.54. The van der Waals surface area contributed by atoms with Gasteiger partial charge in [0.2, 0.25) is 0 Å². The van der Waals surface area contributed by atoms with Crippen LogP contribution in [-0.2, 0) is 9.53 Å². The lowest BCUT2D eigenvalue weighted by Crippen LogP contribution is -2.45. The van der Waals surface area contributed by atoms with E-state index < -0.39 is 0 Å². The number of ether oxygens (including phenoxy) is 1. The number of benzene rings is 1. The van der Waals surface area contributed by atoms with Gasteiger partial charge >= 0.3 is 5.97 Å². The second kappa shape index (κ2) is 8.15. The molecule has 0 amide bonds. The van der Waals surface area contributed by atoms with Crippen LogP contribution < -0.4 is 5.32 Å². The van der Waals surface area contributed by atoms with Gasteiger partial charge in [0.15, 0.2) is 0 Å². The predicted octanol–water partition coefficient (Wildman–Crippen LogP) is 2.36. The summed E-state index contributed by atoms with van der Waals surface area (Å²) in [5, 5.41) is 3.48. The van der Waals surface area contributed by atoms with Gasteiger partial charge in [0, 0.05) is 6.04 Å². The zero-order chi connectivity index (χ0) is 15.1. The Bertz CT molecular complexity index is 428. The Balaban J connectivity index is 1.96. The third-order valence-electron chi connectivity index (χ3n) is 4.10. The van der Waals surface area contributed by atoms with Crippen LogP contribution in [0.1, 0.15) is 37.8 Å². The van der Waals surface area contributed by atoms with Crippen molar-refractivity contribution in [3.8, 4) is 0 Å². The zero-order valence-electron chi connectivity index (χ0n) is 13.0. The first-order chi connectivity index (χ1) is 10.2. The summed E-state index contributed by atoms with van der Waals surface area (Å²) in [4.78, 5) is 14.6. The van der Waals surface area contributed by atoms with E-state index in [0.29, 0.717) is 6.04 Å². The topological polar surface area (TPSA) is 41.6 Å². The van der Waals surface area contributed by atoms with E-state index >= 15 is 0 Å². The molecule has 0 bridgehead atoms. The first-order valence-corrected chi connectivity index (χ1v) is 7.85. The maximum Gasteiger partial charge on any atom is 0.327 e. The molecule has 116 valence electrons. The van der Waals surface area contributed by atoms with Gasteiger partial charge in [-0.15, -0.1) is 0 Å². The Labute approximate surface area is 127 Å². The number of carbonyl (C=O) groups excluding carboxylic acids is 1. The molecule has 0 saturated carbocycles. The molecule has 1 aliphatic rings. The number of nitrogens with one attached hydrogen (secondary N) is 1. The fourth-order valence-electron chi connectivity index (χ4n) is 2.94. The van der Waals surface area contributed by atoms with Crippen molar-refractivity contribution in [2.75, 3.05) is 26.7 Å². The van der Waals surface area contributed by atoms with Crippen LogP contribution in [0.2, 0.25) is 0 Å². The molecular weight excluding hydrogens is 264 g/mol. The lowest BCUT2D eigenvalue weighted by Gasteiger charge is -2.34. The maximum absolute atomic E-state index is 12.1. The number of hydrogen-bond acceptors (Lipinski definition) is 4. The molecule has 1 aliphatic heterocycles. The van der Waals surface area contributed by atoms with E-state index in [9.17, 15) is 4.79 Å². The molecule has 1 heterocycles. The predicted molar refractivity (Wildman–Crippen MR) is 84.1 cm³/mol. The van der Waals surface area contributed by atoms with Crippen molar-refractivity contribution in [1.82, 2.24) is 10.2 Å². The fourth-order valence-corrected chi connectivity index (χ4v) is 2.94. The standard InChI is InChI=1S/C17H26N2O2/c1-3-11-19-12-9-15(10-13-19)18-16(17(20)21-2)14-7-5-4-6-8-14/h4-8,15-16,18H,3,9-13H2,1-2H3. The minimum absolute atomic E-state index is 0.211. The summed E-state index contributed by atoms with van der Waals surface area (Å²) in [6, 6.07) is 9.83. The molecule has 1 atom stereocenters. The van der Waals surface area contributed by atoms with Gasteiger partial charge in [0.05, 0.1) is 7.11 Å². The number of rotatable bonds is 6. The minimum atomic E-state index is -0.362. The van der Waals surface area contributed by atoms with Crippen LogP contribution in [0.15, 0.2) is 30.3 Å². The molecule has 1 aromatic rings. The van der Waals surface area contributed by atoms with Crippen molar-refractivity contribution in [3.63, 3.8) is 0 Å². The fraction of sp³-hybridized carbons (Fsp3) is 0.588. The molecule has 1 aromatic carbocycles. The SMILES string of the molecule is CCCN1CCC(NC(C(=O)OC)c2ccccc2)CC1. The molecule has 1 N–H and O–H groups in total. The molecule has 0 aromatic heterocycles.